The fraction of sp³-hybridized carbons (Fsp3) is 0.389. The number of nitrogens with zero attached hydrogens (tertiary/aromatic N) is 3. The molecule has 7 nitrogen and oxygen atoms in total. The summed E-state index contributed by atoms with van der Waals surface area (Å²) in [6.45, 7) is 4.51. The molecule has 1 aromatic heterocycles. The zero-order valence-electron chi connectivity index (χ0n) is 14.2. The maximum absolute atomic E-state index is 11.8. The van der Waals surface area contributed by atoms with Crippen LogP contribution in [0.25, 0.3) is 0 Å². The first kappa shape index (κ1) is 15.8. The molecule has 1 aromatic carbocycles. The van der Waals surface area contributed by atoms with E-state index in [0.29, 0.717) is 30.1 Å². The number of aromatic nitrogens is 2. The van der Waals surface area contributed by atoms with E-state index in [4.69, 9.17) is 0 Å². The highest BCUT2D eigenvalue weighted by Crippen LogP contribution is 2.25. The van der Waals surface area contributed by atoms with Crippen molar-refractivity contribution in [3.63, 3.8) is 0 Å². The molecule has 3 N–H and O–H groups in total. The van der Waals surface area contributed by atoms with E-state index >= 15 is 0 Å². The standard InChI is InChI=1S/C18H22N6O/c1-2-19-17(25)12-3-5-13(6-4-12)22-18-20-8-7-16(23-18)24-10-14-9-15(11-24)21-14/h3-8,14-15,21H,2,9-11H2,1H3,(H,19,25)(H,20,22,23). The molecule has 25 heavy (non-hydrogen) atoms. The second-order valence-corrected chi connectivity index (χ2v) is 6.50. The molecule has 0 spiro atoms. The van der Waals surface area contributed by atoms with Crippen molar-refractivity contribution < 1.29 is 4.79 Å². The van der Waals surface area contributed by atoms with Crippen molar-refractivity contribution in [2.75, 3.05) is 29.9 Å². The molecular formula is C18H22N6O. The van der Waals surface area contributed by atoms with Gasteiger partial charge in [0.1, 0.15) is 5.82 Å². The molecule has 0 aliphatic carbocycles. The predicted molar refractivity (Wildman–Crippen MR) is 97.3 cm³/mol. The average Bonchev–Trinajstić information content (AvgIpc) is 2.62. The Hall–Kier alpha value is -2.67. The highest BCUT2D eigenvalue weighted by atomic mass is 16.1. The SMILES string of the molecule is CCNC(=O)c1ccc(Nc2nccc(N3CC4CC(C3)N4)n2)cc1. The van der Waals surface area contributed by atoms with Gasteiger partial charge in [-0.25, -0.2) is 4.98 Å². The minimum Gasteiger partial charge on any atom is -0.353 e. The largest absolute Gasteiger partial charge is 0.353 e. The summed E-state index contributed by atoms with van der Waals surface area (Å²) >= 11 is 0. The van der Waals surface area contributed by atoms with Gasteiger partial charge in [0.25, 0.3) is 5.91 Å². The number of piperidine rings is 1. The van der Waals surface area contributed by atoms with Crippen molar-refractivity contribution in [1.29, 1.82) is 0 Å². The van der Waals surface area contributed by atoms with Crippen LogP contribution >= 0.6 is 0 Å². The highest BCUT2D eigenvalue weighted by molar-refractivity contribution is 5.94. The number of hydrogen-bond acceptors (Lipinski definition) is 6. The lowest BCUT2D eigenvalue weighted by Gasteiger charge is -2.48. The van der Waals surface area contributed by atoms with E-state index in [9.17, 15) is 4.79 Å². The third-order valence-electron chi connectivity index (χ3n) is 4.63. The molecule has 5 rings (SSSR count). The molecular weight excluding hydrogens is 316 g/mol. The number of nitrogens with one attached hydrogen (secondary N) is 3. The van der Waals surface area contributed by atoms with Crippen molar-refractivity contribution in [3.05, 3.63) is 42.1 Å². The Morgan fingerprint density at radius 1 is 1.24 bits per heavy atom. The van der Waals surface area contributed by atoms with E-state index in [1.165, 1.54) is 6.42 Å². The topological polar surface area (TPSA) is 82.2 Å². The van der Waals surface area contributed by atoms with Gasteiger partial charge in [-0.2, -0.15) is 4.98 Å². The van der Waals surface area contributed by atoms with E-state index in [1.54, 1.807) is 18.3 Å². The van der Waals surface area contributed by atoms with Gasteiger partial charge in [0.2, 0.25) is 5.95 Å². The molecule has 3 saturated heterocycles. The fourth-order valence-electron chi connectivity index (χ4n) is 3.38. The molecule has 3 aliphatic heterocycles. The van der Waals surface area contributed by atoms with Gasteiger partial charge >= 0.3 is 0 Å². The number of anilines is 3. The van der Waals surface area contributed by atoms with Crippen LogP contribution in [-0.2, 0) is 0 Å². The van der Waals surface area contributed by atoms with Crippen molar-refractivity contribution in [3.8, 4) is 0 Å². The predicted octanol–water partition coefficient (Wildman–Crippen LogP) is 1.52. The van der Waals surface area contributed by atoms with Gasteiger partial charge in [-0.3, -0.25) is 4.79 Å². The molecule has 0 radical (unpaired) electrons. The maximum atomic E-state index is 11.8. The first-order valence-corrected chi connectivity index (χ1v) is 8.70. The molecule has 2 atom stereocenters. The summed E-state index contributed by atoms with van der Waals surface area (Å²) in [5, 5.41) is 9.52. The van der Waals surface area contributed by atoms with E-state index in [1.807, 2.05) is 25.1 Å². The Labute approximate surface area is 146 Å². The lowest BCUT2D eigenvalue weighted by atomic mass is 9.91. The van der Waals surface area contributed by atoms with Crippen LogP contribution in [-0.4, -0.2) is 47.6 Å². The second-order valence-electron chi connectivity index (χ2n) is 6.50. The molecule has 1 amide bonds. The van der Waals surface area contributed by atoms with Crippen LogP contribution < -0.4 is 20.9 Å². The molecule has 3 aliphatic rings. The summed E-state index contributed by atoms with van der Waals surface area (Å²) in [5.41, 5.74) is 1.50. The summed E-state index contributed by atoms with van der Waals surface area (Å²) in [7, 11) is 0. The van der Waals surface area contributed by atoms with E-state index in [2.05, 4.69) is 30.8 Å². The Kier molecular flexibility index (Phi) is 4.23. The fourth-order valence-corrected chi connectivity index (χ4v) is 3.38. The molecule has 7 heteroatoms. The summed E-state index contributed by atoms with van der Waals surface area (Å²) in [5.74, 6) is 1.45. The highest BCUT2D eigenvalue weighted by Gasteiger charge is 2.36. The molecule has 0 saturated carbocycles. The number of piperazine rings is 1. The Morgan fingerprint density at radius 3 is 2.64 bits per heavy atom. The summed E-state index contributed by atoms with van der Waals surface area (Å²) in [6, 6.07) is 10.4. The number of hydrogen-bond donors (Lipinski definition) is 3. The molecule has 2 bridgehead atoms. The van der Waals surface area contributed by atoms with Gasteiger partial charge < -0.3 is 20.9 Å². The number of amides is 1. The van der Waals surface area contributed by atoms with Crippen LogP contribution in [0.15, 0.2) is 36.5 Å². The Bertz CT molecular complexity index is 746. The summed E-state index contributed by atoms with van der Waals surface area (Å²) in [4.78, 5) is 23.0. The second kappa shape index (κ2) is 6.68. The minimum atomic E-state index is -0.0652. The molecule has 3 fully saturated rings. The number of rotatable bonds is 5. The maximum Gasteiger partial charge on any atom is 0.251 e. The normalized spacial score (nSPS) is 21.4. The smallest absolute Gasteiger partial charge is 0.251 e. The zero-order chi connectivity index (χ0) is 17.2. The molecule has 2 unspecified atom stereocenters. The minimum absolute atomic E-state index is 0.0652. The molecule has 2 aromatic rings. The Balaban J connectivity index is 1.44. The van der Waals surface area contributed by atoms with Gasteiger partial charge in [-0.05, 0) is 43.7 Å². The van der Waals surface area contributed by atoms with Crippen LogP contribution in [0, 0.1) is 0 Å². The van der Waals surface area contributed by atoms with Gasteiger partial charge in [0, 0.05) is 49.2 Å². The van der Waals surface area contributed by atoms with Crippen LogP contribution in [0.5, 0.6) is 0 Å². The summed E-state index contributed by atoms with van der Waals surface area (Å²) in [6.07, 6.45) is 3.05. The number of benzene rings is 1. The van der Waals surface area contributed by atoms with Gasteiger partial charge in [0.15, 0.2) is 0 Å². The van der Waals surface area contributed by atoms with Crippen molar-refractivity contribution in [2.24, 2.45) is 0 Å². The van der Waals surface area contributed by atoms with Gasteiger partial charge in [-0.15, -0.1) is 0 Å². The first-order valence-electron chi connectivity index (χ1n) is 8.70. The third-order valence-corrected chi connectivity index (χ3v) is 4.63. The third kappa shape index (κ3) is 3.41. The zero-order valence-corrected chi connectivity index (χ0v) is 14.2. The van der Waals surface area contributed by atoms with Crippen LogP contribution in [0.1, 0.15) is 23.7 Å². The van der Waals surface area contributed by atoms with Crippen molar-refractivity contribution >= 4 is 23.4 Å². The van der Waals surface area contributed by atoms with Crippen LogP contribution in [0.3, 0.4) is 0 Å². The Morgan fingerprint density at radius 2 is 1.96 bits per heavy atom. The average molecular weight is 338 g/mol. The van der Waals surface area contributed by atoms with Gasteiger partial charge in [0.05, 0.1) is 0 Å². The number of carbonyl (C=O) groups is 1. The quantitative estimate of drug-likeness (QED) is 0.767. The van der Waals surface area contributed by atoms with Crippen molar-refractivity contribution in [2.45, 2.75) is 25.4 Å². The lowest BCUT2D eigenvalue weighted by molar-refractivity contribution is 0.0956. The number of carbonyl (C=O) groups excluding carboxylic acids is 1. The van der Waals surface area contributed by atoms with Crippen LogP contribution in [0.4, 0.5) is 17.5 Å². The van der Waals surface area contributed by atoms with E-state index < -0.39 is 0 Å². The summed E-state index contributed by atoms with van der Waals surface area (Å²) < 4.78 is 0. The van der Waals surface area contributed by atoms with E-state index in [-0.39, 0.29) is 5.91 Å². The van der Waals surface area contributed by atoms with Gasteiger partial charge in [-0.1, -0.05) is 0 Å². The monoisotopic (exact) mass is 338 g/mol. The lowest BCUT2D eigenvalue weighted by Crippen LogP contribution is -2.67. The molecule has 4 heterocycles. The van der Waals surface area contributed by atoms with E-state index in [0.717, 1.165) is 24.6 Å². The van der Waals surface area contributed by atoms with Crippen molar-refractivity contribution in [1.82, 2.24) is 20.6 Å². The number of fused-ring (bicyclic) bond motifs is 2. The van der Waals surface area contributed by atoms with Crippen LogP contribution in [0.2, 0.25) is 0 Å². The molecule has 130 valence electrons. The first-order chi connectivity index (χ1) is 12.2.